The van der Waals surface area contributed by atoms with Crippen molar-refractivity contribution >= 4 is 11.9 Å². The number of hydrogen-bond donors (Lipinski definition) is 4. The maximum absolute atomic E-state index is 12.7. The molecule has 2 unspecified atom stereocenters. The smallest absolute Gasteiger partial charge is 0.306 e. The van der Waals surface area contributed by atoms with Crippen molar-refractivity contribution in [3.8, 4) is 0 Å². The van der Waals surface area contributed by atoms with Crippen LogP contribution in [0.1, 0.15) is 174 Å². The van der Waals surface area contributed by atoms with E-state index in [0.29, 0.717) is 12.8 Å². The van der Waals surface area contributed by atoms with E-state index in [-0.39, 0.29) is 32.0 Å². The van der Waals surface area contributed by atoms with Gasteiger partial charge in [-0.25, -0.2) is 0 Å². The molecule has 0 aromatic rings. The predicted octanol–water partition coefficient (Wildman–Crippen LogP) is 8.72. The molecule has 0 aromatic carbocycles. The van der Waals surface area contributed by atoms with Gasteiger partial charge >= 0.3 is 11.9 Å². The van der Waals surface area contributed by atoms with Gasteiger partial charge in [-0.1, -0.05) is 127 Å². The van der Waals surface area contributed by atoms with Crippen LogP contribution >= 0.6 is 0 Å². The Morgan fingerprint density at radius 3 is 1.56 bits per heavy atom. The minimum Gasteiger partial charge on any atom is -0.462 e. The topological polar surface area (TPSA) is 152 Å². The number of aliphatic hydroxyl groups excluding tert-OH is 4. The van der Waals surface area contributed by atoms with E-state index < -0.39 is 49.4 Å². The Morgan fingerprint density at radius 2 is 1.04 bits per heavy atom. The predicted molar refractivity (Wildman–Crippen MR) is 215 cm³/mol. The number of allylic oxidation sites excluding steroid dienone is 6. The van der Waals surface area contributed by atoms with E-state index >= 15 is 0 Å². The molecule has 0 amide bonds. The summed E-state index contributed by atoms with van der Waals surface area (Å²) >= 11 is 0. The number of carbonyl (C=O) groups excluding carboxylic acids is 2. The molecule has 54 heavy (non-hydrogen) atoms. The zero-order chi connectivity index (χ0) is 39.5. The van der Waals surface area contributed by atoms with Gasteiger partial charge in [-0.3, -0.25) is 9.59 Å². The molecule has 0 spiro atoms. The van der Waals surface area contributed by atoms with Crippen molar-refractivity contribution in [3.63, 3.8) is 0 Å². The Hall–Kier alpha value is -2.08. The van der Waals surface area contributed by atoms with E-state index in [2.05, 4.69) is 50.3 Å². The van der Waals surface area contributed by atoms with Gasteiger partial charge in [0.15, 0.2) is 12.4 Å². The first-order valence-electron chi connectivity index (χ1n) is 21.6. The molecule has 314 valence electrons. The Kier molecular flexibility index (Phi) is 32.7. The minimum absolute atomic E-state index is 0.218. The van der Waals surface area contributed by atoms with E-state index in [1.807, 2.05) is 0 Å². The van der Waals surface area contributed by atoms with E-state index in [1.54, 1.807) is 0 Å². The molecule has 0 bridgehead atoms. The summed E-state index contributed by atoms with van der Waals surface area (Å²) in [7, 11) is 0. The van der Waals surface area contributed by atoms with E-state index in [4.69, 9.17) is 18.9 Å². The fourth-order valence-electron chi connectivity index (χ4n) is 6.27. The molecule has 1 rings (SSSR count). The first-order valence-corrected chi connectivity index (χ1v) is 21.6. The average molecular weight is 767 g/mol. The molecule has 0 aliphatic carbocycles. The molecule has 0 saturated carbocycles. The highest BCUT2D eigenvalue weighted by atomic mass is 16.7. The molecule has 1 heterocycles. The zero-order valence-electron chi connectivity index (χ0n) is 34.0. The van der Waals surface area contributed by atoms with Gasteiger partial charge < -0.3 is 39.4 Å². The average Bonchev–Trinajstić information content (AvgIpc) is 3.17. The van der Waals surface area contributed by atoms with E-state index in [1.165, 1.54) is 64.2 Å². The van der Waals surface area contributed by atoms with Gasteiger partial charge in [0.1, 0.15) is 31.0 Å². The van der Waals surface area contributed by atoms with Gasteiger partial charge in [0, 0.05) is 12.8 Å². The van der Waals surface area contributed by atoms with Crippen molar-refractivity contribution in [1.82, 2.24) is 0 Å². The fraction of sp³-hybridized carbons (Fsp3) is 0.818. The zero-order valence-corrected chi connectivity index (χ0v) is 34.0. The van der Waals surface area contributed by atoms with Crippen LogP contribution in [-0.4, -0.2) is 89.0 Å². The number of ether oxygens (including phenoxy) is 4. The summed E-state index contributed by atoms with van der Waals surface area (Å²) in [4.78, 5) is 25.3. The second-order valence-corrected chi connectivity index (χ2v) is 14.8. The van der Waals surface area contributed by atoms with Crippen LogP contribution in [0.4, 0.5) is 0 Å². The van der Waals surface area contributed by atoms with Gasteiger partial charge in [-0.15, -0.1) is 0 Å². The highest BCUT2D eigenvalue weighted by Crippen LogP contribution is 2.22. The normalized spacial score (nSPS) is 21.0. The lowest BCUT2D eigenvalue weighted by Gasteiger charge is -2.39. The third kappa shape index (κ3) is 26.7. The minimum atomic E-state index is -1.60. The lowest BCUT2D eigenvalue weighted by atomic mass is 9.99. The quantitative estimate of drug-likeness (QED) is 0.0280. The summed E-state index contributed by atoms with van der Waals surface area (Å²) in [5.74, 6) is -0.827. The summed E-state index contributed by atoms with van der Waals surface area (Å²) in [5, 5.41) is 40.0. The lowest BCUT2D eigenvalue weighted by molar-refractivity contribution is -0.305. The molecule has 1 aliphatic heterocycles. The van der Waals surface area contributed by atoms with Gasteiger partial charge in [-0.2, -0.15) is 0 Å². The largest absolute Gasteiger partial charge is 0.462 e. The molecule has 10 nitrogen and oxygen atoms in total. The first kappa shape index (κ1) is 49.9. The summed E-state index contributed by atoms with van der Waals surface area (Å²) in [6.45, 7) is 3.35. The SMILES string of the molecule is CCCCC/C=C/C/C=C/CCCCCCCCCC(=O)OC[C@@H](CO[C@H]1O[C@@H](CO)[C@@H](O)C(O)C1O)OC(=O)CCCCCCC/C=C/CCCCC. The number of aliphatic hydroxyl groups is 4. The third-order valence-corrected chi connectivity index (χ3v) is 9.75. The van der Waals surface area contributed by atoms with Gasteiger partial charge in [0.05, 0.1) is 13.2 Å². The van der Waals surface area contributed by atoms with Crippen molar-refractivity contribution < 1.29 is 49.0 Å². The number of hydrogen-bond acceptors (Lipinski definition) is 10. The molecule has 0 radical (unpaired) electrons. The Bertz CT molecular complexity index is 980. The monoisotopic (exact) mass is 767 g/mol. The van der Waals surface area contributed by atoms with Crippen molar-refractivity contribution in [2.24, 2.45) is 0 Å². The van der Waals surface area contributed by atoms with E-state index in [0.717, 1.165) is 70.6 Å². The van der Waals surface area contributed by atoms with Crippen LogP contribution in [0, 0.1) is 0 Å². The van der Waals surface area contributed by atoms with Crippen molar-refractivity contribution in [3.05, 3.63) is 36.5 Å². The summed E-state index contributed by atoms with van der Waals surface area (Å²) in [6.07, 6.45) is 31.5. The number of rotatable bonds is 35. The Morgan fingerprint density at radius 1 is 0.574 bits per heavy atom. The summed E-state index contributed by atoms with van der Waals surface area (Å²) in [5.41, 5.74) is 0. The molecular weight excluding hydrogens is 688 g/mol. The van der Waals surface area contributed by atoms with Crippen molar-refractivity contribution in [2.45, 2.75) is 211 Å². The Balaban J connectivity index is 2.35. The van der Waals surface area contributed by atoms with Crippen LogP contribution in [0.2, 0.25) is 0 Å². The Labute approximate surface area is 327 Å². The van der Waals surface area contributed by atoms with Crippen LogP contribution in [-0.2, 0) is 28.5 Å². The van der Waals surface area contributed by atoms with Gasteiger partial charge in [0.25, 0.3) is 0 Å². The van der Waals surface area contributed by atoms with E-state index in [9.17, 15) is 30.0 Å². The second-order valence-electron chi connectivity index (χ2n) is 14.8. The second kappa shape index (κ2) is 35.3. The fourth-order valence-corrected chi connectivity index (χ4v) is 6.27. The van der Waals surface area contributed by atoms with Crippen LogP contribution in [0.15, 0.2) is 36.5 Å². The van der Waals surface area contributed by atoms with Gasteiger partial charge in [0.2, 0.25) is 0 Å². The molecular formula is C44H78O10. The molecule has 1 fully saturated rings. The van der Waals surface area contributed by atoms with Crippen LogP contribution in [0.25, 0.3) is 0 Å². The molecule has 10 heteroatoms. The maximum Gasteiger partial charge on any atom is 0.306 e. The van der Waals surface area contributed by atoms with Gasteiger partial charge in [-0.05, 0) is 70.6 Å². The molecule has 6 atom stereocenters. The maximum atomic E-state index is 12.7. The lowest BCUT2D eigenvalue weighted by Crippen LogP contribution is -2.59. The molecule has 1 aliphatic rings. The number of unbranched alkanes of at least 4 members (excludes halogenated alkanes) is 18. The number of carbonyl (C=O) groups is 2. The van der Waals surface area contributed by atoms with Crippen LogP contribution in [0.3, 0.4) is 0 Å². The van der Waals surface area contributed by atoms with Crippen LogP contribution < -0.4 is 0 Å². The van der Waals surface area contributed by atoms with Crippen molar-refractivity contribution in [2.75, 3.05) is 19.8 Å². The highest BCUT2D eigenvalue weighted by Gasteiger charge is 2.44. The third-order valence-electron chi connectivity index (χ3n) is 9.75. The summed E-state index contributed by atoms with van der Waals surface area (Å²) in [6, 6.07) is 0. The molecule has 1 saturated heterocycles. The molecule has 0 aromatic heterocycles. The standard InChI is InChI=1S/C44H78O10/c1-3-5-7-9-11-13-15-17-18-19-20-21-23-24-26-28-30-32-39(46)51-35-37(36-52-44-43(50)42(49)41(48)38(34-45)54-44)53-40(47)33-31-29-27-25-22-16-14-12-10-8-6-4-2/h11-14,17-18,37-38,41-45,48-50H,3-10,15-16,19-36H2,1-2H3/b13-11+,14-12+,18-17+/t37-,38-,41+,42?,43?,44-/m0/s1. The number of esters is 2. The highest BCUT2D eigenvalue weighted by molar-refractivity contribution is 5.70. The van der Waals surface area contributed by atoms with Crippen LogP contribution in [0.5, 0.6) is 0 Å². The van der Waals surface area contributed by atoms with Crippen molar-refractivity contribution in [1.29, 1.82) is 0 Å². The first-order chi connectivity index (χ1) is 26.3. The summed E-state index contributed by atoms with van der Waals surface area (Å²) < 4.78 is 22.1. The molecule has 4 N–H and O–H groups in total.